The number of anilines is 2. The Morgan fingerprint density at radius 1 is 1.14 bits per heavy atom. The van der Waals surface area contributed by atoms with E-state index in [0.29, 0.717) is 23.1 Å². The molecule has 2 aromatic carbocycles. The number of nitrogens with zero attached hydrogens (tertiary/aromatic N) is 3. The van der Waals surface area contributed by atoms with Gasteiger partial charge < -0.3 is 10.6 Å². The highest BCUT2D eigenvalue weighted by atomic mass is 35.5. The summed E-state index contributed by atoms with van der Waals surface area (Å²) in [4.78, 5) is 27.8. The van der Waals surface area contributed by atoms with Gasteiger partial charge in [-0.3, -0.25) is 9.69 Å². The van der Waals surface area contributed by atoms with Gasteiger partial charge in [0.2, 0.25) is 5.91 Å². The minimum Gasteiger partial charge on any atom is -0.338 e. The number of hydrogen-bond acceptors (Lipinski definition) is 4. The van der Waals surface area contributed by atoms with E-state index in [0.717, 1.165) is 39.5 Å². The number of aromatic nitrogens is 2. The summed E-state index contributed by atoms with van der Waals surface area (Å²) >= 11 is 7.60. The Kier molecular flexibility index (Phi) is 6.88. The Morgan fingerprint density at radius 2 is 1.97 bits per heavy atom. The van der Waals surface area contributed by atoms with Crippen LogP contribution >= 0.6 is 22.9 Å². The first kappa shape index (κ1) is 23.8. The van der Waals surface area contributed by atoms with E-state index in [9.17, 15) is 9.59 Å². The molecule has 0 bridgehead atoms. The molecule has 7 nitrogen and oxygen atoms in total. The van der Waals surface area contributed by atoms with Crippen molar-refractivity contribution in [3.05, 3.63) is 88.4 Å². The fourth-order valence-electron chi connectivity index (χ4n) is 4.12. The van der Waals surface area contributed by atoms with Crippen LogP contribution < -0.4 is 15.5 Å². The van der Waals surface area contributed by atoms with Crippen LogP contribution in [0.2, 0.25) is 4.34 Å². The fourth-order valence-corrected chi connectivity index (χ4v) is 5.17. The van der Waals surface area contributed by atoms with E-state index in [1.54, 1.807) is 15.7 Å². The van der Waals surface area contributed by atoms with Gasteiger partial charge in [-0.25, -0.2) is 9.48 Å². The van der Waals surface area contributed by atoms with Crippen LogP contribution in [-0.2, 0) is 11.2 Å². The highest BCUT2D eigenvalue weighted by Gasteiger charge is 2.24. The second kappa shape index (κ2) is 10.4. The molecule has 0 saturated carbocycles. The number of nitrogens with one attached hydrogen (secondary N) is 2. The minimum absolute atomic E-state index is 0.128. The quantitative estimate of drug-likeness (QED) is 0.308. The Bertz CT molecular complexity index is 1440. The SMILES string of the molecule is CCNC(=O)N1CCc2ccc(NC(=O)/C=C/c3cn(-c4ccccc4)nc3-c3ccc(Cl)s3)cc21. The van der Waals surface area contributed by atoms with Crippen molar-refractivity contribution in [1.82, 2.24) is 15.1 Å². The van der Waals surface area contributed by atoms with Gasteiger partial charge in [-0.2, -0.15) is 5.10 Å². The Morgan fingerprint density at radius 3 is 2.72 bits per heavy atom. The molecule has 0 aliphatic carbocycles. The number of hydrogen-bond donors (Lipinski definition) is 2. The molecule has 9 heteroatoms. The topological polar surface area (TPSA) is 79.3 Å². The summed E-state index contributed by atoms with van der Waals surface area (Å²) in [6.07, 6.45) is 5.92. The van der Waals surface area contributed by atoms with Gasteiger partial charge in [0, 0.05) is 36.6 Å². The first-order chi connectivity index (χ1) is 17.5. The number of para-hydroxylation sites is 1. The van der Waals surface area contributed by atoms with Crippen molar-refractivity contribution in [1.29, 1.82) is 0 Å². The van der Waals surface area contributed by atoms with Crippen molar-refractivity contribution in [2.45, 2.75) is 13.3 Å². The van der Waals surface area contributed by atoms with Gasteiger partial charge in [-0.15, -0.1) is 11.3 Å². The summed E-state index contributed by atoms with van der Waals surface area (Å²) in [6.45, 7) is 3.08. The maximum Gasteiger partial charge on any atom is 0.321 e. The normalized spacial score (nSPS) is 12.7. The van der Waals surface area contributed by atoms with Gasteiger partial charge >= 0.3 is 6.03 Å². The number of carbonyl (C=O) groups is 2. The number of urea groups is 1. The molecular formula is C27H24ClN5O2S. The van der Waals surface area contributed by atoms with Crippen LogP contribution in [-0.4, -0.2) is 34.8 Å². The zero-order valence-corrected chi connectivity index (χ0v) is 21.1. The number of thiophene rings is 1. The Hall–Kier alpha value is -3.88. The van der Waals surface area contributed by atoms with E-state index in [4.69, 9.17) is 16.7 Å². The second-order valence-corrected chi connectivity index (χ2v) is 9.94. The molecule has 182 valence electrons. The van der Waals surface area contributed by atoms with Crippen LogP contribution in [0.4, 0.5) is 16.2 Å². The van der Waals surface area contributed by atoms with Crippen LogP contribution in [0.1, 0.15) is 18.1 Å². The monoisotopic (exact) mass is 517 g/mol. The molecule has 4 aromatic rings. The lowest BCUT2D eigenvalue weighted by molar-refractivity contribution is -0.111. The third-order valence-corrected chi connectivity index (χ3v) is 7.04. The van der Waals surface area contributed by atoms with Crippen molar-refractivity contribution >= 4 is 52.3 Å². The maximum atomic E-state index is 12.8. The van der Waals surface area contributed by atoms with Crippen LogP contribution in [0.15, 0.2) is 72.9 Å². The highest BCUT2D eigenvalue weighted by molar-refractivity contribution is 7.19. The zero-order valence-electron chi connectivity index (χ0n) is 19.6. The lowest BCUT2D eigenvalue weighted by Gasteiger charge is -2.18. The number of benzene rings is 2. The first-order valence-corrected chi connectivity index (χ1v) is 12.8. The van der Waals surface area contributed by atoms with Crippen LogP contribution in [0, 0.1) is 0 Å². The first-order valence-electron chi connectivity index (χ1n) is 11.6. The molecule has 3 amide bonds. The summed E-state index contributed by atoms with van der Waals surface area (Å²) < 4.78 is 2.46. The third-order valence-electron chi connectivity index (χ3n) is 5.81. The van der Waals surface area contributed by atoms with Gasteiger partial charge in [0.05, 0.1) is 20.6 Å². The van der Waals surface area contributed by atoms with E-state index in [2.05, 4.69) is 10.6 Å². The number of amides is 3. The van der Waals surface area contributed by atoms with Gasteiger partial charge in [0.25, 0.3) is 0 Å². The van der Waals surface area contributed by atoms with Crippen molar-refractivity contribution in [2.24, 2.45) is 0 Å². The van der Waals surface area contributed by atoms with E-state index in [1.807, 2.05) is 73.8 Å². The fraction of sp³-hybridized carbons (Fsp3) is 0.148. The molecule has 0 fully saturated rings. The van der Waals surface area contributed by atoms with Gasteiger partial charge in [-0.1, -0.05) is 35.9 Å². The smallest absolute Gasteiger partial charge is 0.321 e. The van der Waals surface area contributed by atoms with E-state index in [1.165, 1.54) is 17.4 Å². The second-order valence-electron chi connectivity index (χ2n) is 8.22. The molecule has 36 heavy (non-hydrogen) atoms. The summed E-state index contributed by atoms with van der Waals surface area (Å²) in [7, 11) is 0. The lowest BCUT2D eigenvalue weighted by Crippen LogP contribution is -2.38. The van der Waals surface area contributed by atoms with Gasteiger partial charge in [0.1, 0.15) is 5.69 Å². The summed E-state index contributed by atoms with van der Waals surface area (Å²) in [6, 6.07) is 19.1. The molecule has 1 aliphatic heterocycles. The maximum absolute atomic E-state index is 12.8. The molecule has 1 aliphatic rings. The molecule has 5 rings (SSSR count). The van der Waals surface area contributed by atoms with Crippen molar-refractivity contribution < 1.29 is 9.59 Å². The van der Waals surface area contributed by atoms with Crippen molar-refractivity contribution in [3.8, 4) is 16.3 Å². The predicted octanol–water partition coefficient (Wildman–Crippen LogP) is 6.00. The number of carbonyl (C=O) groups excluding carboxylic acids is 2. The highest BCUT2D eigenvalue weighted by Crippen LogP contribution is 2.34. The molecule has 0 spiro atoms. The number of fused-ring (bicyclic) bond motifs is 1. The van der Waals surface area contributed by atoms with Crippen molar-refractivity contribution in [3.63, 3.8) is 0 Å². The third kappa shape index (κ3) is 5.05. The molecule has 2 aromatic heterocycles. The predicted molar refractivity (Wildman–Crippen MR) is 146 cm³/mol. The zero-order chi connectivity index (χ0) is 25.1. The average molecular weight is 518 g/mol. The van der Waals surface area contributed by atoms with Crippen LogP contribution in [0.5, 0.6) is 0 Å². The number of halogens is 1. The molecule has 3 heterocycles. The molecule has 2 N–H and O–H groups in total. The average Bonchev–Trinajstić information content (AvgIpc) is 3.61. The lowest BCUT2D eigenvalue weighted by atomic mass is 10.1. The van der Waals surface area contributed by atoms with Gasteiger partial charge in [0.15, 0.2) is 0 Å². The van der Waals surface area contributed by atoms with E-state index >= 15 is 0 Å². The standard InChI is InChI=1S/C27H24ClN5O2S/c1-2-29-27(35)32-15-14-18-8-10-20(16-22(18)32)30-25(34)13-9-19-17-33(21-6-4-3-5-7-21)31-26(19)23-11-12-24(28)36-23/h3-13,16-17H,2,14-15H2,1H3,(H,29,35)(H,30,34)/b13-9+. The Balaban J connectivity index is 1.37. The van der Waals surface area contributed by atoms with Crippen LogP contribution in [0.25, 0.3) is 22.3 Å². The van der Waals surface area contributed by atoms with E-state index < -0.39 is 0 Å². The summed E-state index contributed by atoms with van der Waals surface area (Å²) in [5.74, 6) is -0.278. The minimum atomic E-state index is -0.278. The molecule has 0 saturated heterocycles. The summed E-state index contributed by atoms with van der Waals surface area (Å²) in [5, 5.41) is 10.5. The van der Waals surface area contributed by atoms with E-state index in [-0.39, 0.29) is 11.9 Å². The van der Waals surface area contributed by atoms with Crippen LogP contribution in [0.3, 0.4) is 0 Å². The largest absolute Gasteiger partial charge is 0.338 e. The molecule has 0 radical (unpaired) electrons. The molecule has 0 atom stereocenters. The summed E-state index contributed by atoms with van der Waals surface area (Å²) in [5.41, 5.74) is 5.00. The Labute approximate surface area is 218 Å². The number of rotatable bonds is 6. The molecule has 0 unspecified atom stereocenters. The van der Waals surface area contributed by atoms with Gasteiger partial charge in [-0.05, 0) is 61.4 Å². The molecular weight excluding hydrogens is 494 g/mol. The van der Waals surface area contributed by atoms with Crippen molar-refractivity contribution in [2.75, 3.05) is 23.3 Å².